The highest BCUT2D eigenvalue weighted by atomic mass is 79.9. The van der Waals surface area contributed by atoms with Crippen LogP contribution in [-0.4, -0.2) is 5.88 Å². The van der Waals surface area contributed by atoms with E-state index in [-0.39, 0.29) is 5.92 Å². The first-order chi connectivity index (χ1) is 9.91. The molecule has 0 aliphatic rings. The highest BCUT2D eigenvalue weighted by molar-refractivity contribution is 9.10. The molecule has 0 aliphatic heterocycles. The van der Waals surface area contributed by atoms with Gasteiger partial charge in [0.2, 0.25) is 0 Å². The SMILES string of the molecule is FC(F)(F)c1ccc(CC(CCl)c2ccccc2Br)cc1. The van der Waals surface area contributed by atoms with Crippen LogP contribution in [0.5, 0.6) is 0 Å². The molecule has 0 saturated heterocycles. The lowest BCUT2D eigenvalue weighted by atomic mass is 9.93. The molecular formula is C16H13BrClF3. The molecule has 21 heavy (non-hydrogen) atoms. The molecule has 0 bridgehead atoms. The molecule has 0 fully saturated rings. The van der Waals surface area contributed by atoms with E-state index in [4.69, 9.17) is 11.6 Å². The Hall–Kier alpha value is -1.00. The third-order valence-corrected chi connectivity index (χ3v) is 4.39. The fraction of sp³-hybridized carbons (Fsp3) is 0.250. The van der Waals surface area contributed by atoms with E-state index in [9.17, 15) is 13.2 Å². The van der Waals surface area contributed by atoms with E-state index in [1.807, 2.05) is 24.3 Å². The molecule has 2 aromatic rings. The molecule has 0 radical (unpaired) electrons. The van der Waals surface area contributed by atoms with Gasteiger partial charge in [0, 0.05) is 16.3 Å². The van der Waals surface area contributed by atoms with E-state index in [0.717, 1.165) is 27.7 Å². The summed E-state index contributed by atoms with van der Waals surface area (Å²) in [6.45, 7) is 0. The molecule has 2 aromatic carbocycles. The first kappa shape index (κ1) is 16.4. The molecule has 5 heteroatoms. The Labute approximate surface area is 135 Å². The summed E-state index contributed by atoms with van der Waals surface area (Å²) in [5.41, 5.74) is 1.27. The summed E-state index contributed by atoms with van der Waals surface area (Å²) in [5.74, 6) is 0.461. The van der Waals surface area contributed by atoms with Crippen LogP contribution in [0.3, 0.4) is 0 Å². The largest absolute Gasteiger partial charge is 0.416 e. The van der Waals surface area contributed by atoms with Crippen molar-refractivity contribution in [3.8, 4) is 0 Å². The molecular weight excluding hydrogens is 365 g/mol. The molecule has 0 aromatic heterocycles. The molecule has 0 nitrogen and oxygen atoms in total. The van der Waals surface area contributed by atoms with Gasteiger partial charge in [-0.3, -0.25) is 0 Å². The van der Waals surface area contributed by atoms with Gasteiger partial charge in [0.1, 0.15) is 0 Å². The molecule has 1 atom stereocenters. The Morgan fingerprint density at radius 2 is 1.62 bits per heavy atom. The fourth-order valence-corrected chi connectivity index (χ4v) is 3.05. The Kier molecular flexibility index (Phi) is 5.33. The Bertz CT molecular complexity index is 593. The van der Waals surface area contributed by atoms with E-state index >= 15 is 0 Å². The van der Waals surface area contributed by atoms with Gasteiger partial charge in [0.05, 0.1) is 5.56 Å². The molecule has 112 valence electrons. The molecule has 0 aliphatic carbocycles. The number of halogens is 5. The minimum Gasteiger partial charge on any atom is -0.166 e. The summed E-state index contributed by atoms with van der Waals surface area (Å²) in [5, 5.41) is 0. The summed E-state index contributed by atoms with van der Waals surface area (Å²) < 4.78 is 38.6. The first-order valence-electron chi connectivity index (χ1n) is 6.38. The van der Waals surface area contributed by atoms with Gasteiger partial charge < -0.3 is 0 Å². The highest BCUT2D eigenvalue weighted by Crippen LogP contribution is 2.31. The molecule has 0 amide bonds. The van der Waals surface area contributed by atoms with Gasteiger partial charge in [0.25, 0.3) is 0 Å². The maximum absolute atomic E-state index is 12.5. The topological polar surface area (TPSA) is 0 Å². The number of alkyl halides is 4. The molecule has 1 unspecified atom stereocenters. The van der Waals surface area contributed by atoms with Gasteiger partial charge in [0.15, 0.2) is 0 Å². The Morgan fingerprint density at radius 3 is 2.14 bits per heavy atom. The van der Waals surface area contributed by atoms with E-state index in [2.05, 4.69) is 15.9 Å². The fourth-order valence-electron chi connectivity index (χ4n) is 2.17. The lowest BCUT2D eigenvalue weighted by Gasteiger charge is -2.16. The van der Waals surface area contributed by atoms with Crippen LogP contribution < -0.4 is 0 Å². The van der Waals surface area contributed by atoms with Crippen LogP contribution in [0, 0.1) is 0 Å². The van der Waals surface area contributed by atoms with Crippen LogP contribution in [0.4, 0.5) is 13.2 Å². The lowest BCUT2D eigenvalue weighted by molar-refractivity contribution is -0.137. The second-order valence-electron chi connectivity index (χ2n) is 4.77. The molecule has 0 spiro atoms. The third kappa shape index (κ3) is 4.24. The van der Waals surface area contributed by atoms with Crippen LogP contribution in [-0.2, 0) is 12.6 Å². The van der Waals surface area contributed by atoms with E-state index in [0.29, 0.717) is 12.3 Å². The lowest BCUT2D eigenvalue weighted by Crippen LogP contribution is -2.07. The standard InChI is InChI=1S/C16H13BrClF3/c17-15-4-2-1-3-14(15)12(10-18)9-11-5-7-13(8-6-11)16(19,20)21/h1-8,12H,9-10H2. The highest BCUT2D eigenvalue weighted by Gasteiger charge is 2.30. The van der Waals surface area contributed by atoms with Gasteiger partial charge in [-0.2, -0.15) is 13.2 Å². The van der Waals surface area contributed by atoms with Gasteiger partial charge in [-0.05, 0) is 35.7 Å². The summed E-state index contributed by atoms with van der Waals surface area (Å²) >= 11 is 9.51. The van der Waals surface area contributed by atoms with Crippen molar-refractivity contribution in [3.05, 3.63) is 69.7 Å². The van der Waals surface area contributed by atoms with Crippen molar-refractivity contribution < 1.29 is 13.2 Å². The number of hydrogen-bond acceptors (Lipinski definition) is 0. The second-order valence-corrected chi connectivity index (χ2v) is 5.93. The van der Waals surface area contributed by atoms with Crippen molar-refractivity contribution >= 4 is 27.5 Å². The quantitative estimate of drug-likeness (QED) is 0.570. The normalized spacial score (nSPS) is 13.2. The Morgan fingerprint density at radius 1 is 1.00 bits per heavy atom. The maximum atomic E-state index is 12.5. The summed E-state index contributed by atoms with van der Waals surface area (Å²) in [7, 11) is 0. The van der Waals surface area contributed by atoms with Crippen molar-refractivity contribution in [1.29, 1.82) is 0 Å². The zero-order valence-corrected chi connectivity index (χ0v) is 13.3. The minimum atomic E-state index is -4.30. The van der Waals surface area contributed by atoms with Gasteiger partial charge in [-0.25, -0.2) is 0 Å². The zero-order chi connectivity index (χ0) is 15.5. The monoisotopic (exact) mass is 376 g/mol. The molecule has 2 rings (SSSR count). The van der Waals surface area contributed by atoms with Crippen LogP contribution >= 0.6 is 27.5 Å². The zero-order valence-electron chi connectivity index (χ0n) is 11.0. The van der Waals surface area contributed by atoms with Crippen LogP contribution in [0.1, 0.15) is 22.6 Å². The van der Waals surface area contributed by atoms with Gasteiger partial charge in [-0.15, -0.1) is 11.6 Å². The Balaban J connectivity index is 2.18. The van der Waals surface area contributed by atoms with Crippen molar-refractivity contribution in [3.63, 3.8) is 0 Å². The van der Waals surface area contributed by atoms with Crippen molar-refractivity contribution in [2.45, 2.75) is 18.5 Å². The van der Waals surface area contributed by atoms with E-state index in [1.165, 1.54) is 12.1 Å². The first-order valence-corrected chi connectivity index (χ1v) is 7.71. The molecule has 0 saturated carbocycles. The summed E-state index contributed by atoms with van der Waals surface area (Å²) in [4.78, 5) is 0. The van der Waals surface area contributed by atoms with E-state index < -0.39 is 11.7 Å². The predicted octanol–water partition coefficient (Wildman–Crippen LogP) is 6.03. The van der Waals surface area contributed by atoms with Gasteiger partial charge >= 0.3 is 6.18 Å². The number of benzene rings is 2. The number of rotatable bonds is 4. The molecule has 0 heterocycles. The van der Waals surface area contributed by atoms with Crippen molar-refractivity contribution in [2.24, 2.45) is 0 Å². The maximum Gasteiger partial charge on any atom is 0.416 e. The van der Waals surface area contributed by atoms with Crippen LogP contribution in [0.15, 0.2) is 53.0 Å². The second kappa shape index (κ2) is 6.84. The summed E-state index contributed by atoms with van der Waals surface area (Å²) in [6.07, 6.45) is -3.70. The predicted molar refractivity (Wildman–Crippen MR) is 82.8 cm³/mol. The number of hydrogen-bond donors (Lipinski definition) is 0. The van der Waals surface area contributed by atoms with Crippen molar-refractivity contribution in [2.75, 3.05) is 5.88 Å². The average molecular weight is 378 g/mol. The smallest absolute Gasteiger partial charge is 0.166 e. The minimum absolute atomic E-state index is 0.0546. The summed E-state index contributed by atoms with van der Waals surface area (Å²) in [6, 6.07) is 13.0. The average Bonchev–Trinajstić information content (AvgIpc) is 2.45. The van der Waals surface area contributed by atoms with Crippen LogP contribution in [0.25, 0.3) is 0 Å². The molecule has 0 N–H and O–H groups in total. The van der Waals surface area contributed by atoms with Gasteiger partial charge in [-0.1, -0.05) is 46.3 Å². The van der Waals surface area contributed by atoms with Crippen LogP contribution in [0.2, 0.25) is 0 Å². The van der Waals surface area contributed by atoms with Crippen molar-refractivity contribution in [1.82, 2.24) is 0 Å². The van der Waals surface area contributed by atoms with E-state index in [1.54, 1.807) is 0 Å². The third-order valence-electron chi connectivity index (χ3n) is 3.29.